The molecule has 0 unspecified atom stereocenters. The molecule has 18 heavy (non-hydrogen) atoms. The molecule has 0 radical (unpaired) electrons. The summed E-state index contributed by atoms with van der Waals surface area (Å²) in [4.78, 5) is 0. The molecule has 3 nitrogen and oxygen atoms in total. The van der Waals surface area contributed by atoms with E-state index in [-0.39, 0.29) is 6.04 Å². The van der Waals surface area contributed by atoms with Gasteiger partial charge in [0.2, 0.25) is 0 Å². The van der Waals surface area contributed by atoms with E-state index in [4.69, 9.17) is 15.2 Å². The molecule has 2 N–H and O–H groups in total. The van der Waals surface area contributed by atoms with Crippen molar-refractivity contribution in [1.82, 2.24) is 0 Å². The van der Waals surface area contributed by atoms with E-state index in [0.717, 1.165) is 31.6 Å². The number of hydrogen-bond acceptors (Lipinski definition) is 3. The fourth-order valence-corrected chi connectivity index (χ4v) is 2.37. The molecule has 3 heteroatoms. The van der Waals surface area contributed by atoms with Crippen LogP contribution in [0, 0.1) is 0 Å². The number of benzene rings is 1. The molecule has 0 aromatic heterocycles. The first-order valence-corrected chi connectivity index (χ1v) is 6.90. The van der Waals surface area contributed by atoms with Crippen LogP contribution in [-0.2, 0) is 11.2 Å². The summed E-state index contributed by atoms with van der Waals surface area (Å²) < 4.78 is 11.1. The number of nitrogens with two attached hydrogens (primary N) is 1. The lowest BCUT2D eigenvalue weighted by molar-refractivity contribution is 0.101. The molecule has 0 heterocycles. The van der Waals surface area contributed by atoms with Gasteiger partial charge >= 0.3 is 0 Å². The van der Waals surface area contributed by atoms with E-state index < -0.39 is 0 Å². The maximum Gasteiger partial charge on any atom is 0.119 e. The average molecular weight is 249 g/mol. The topological polar surface area (TPSA) is 44.5 Å². The summed E-state index contributed by atoms with van der Waals surface area (Å²) >= 11 is 0. The number of fused-ring (bicyclic) bond motifs is 1. The van der Waals surface area contributed by atoms with E-state index in [1.807, 2.05) is 6.07 Å². The molecule has 1 aliphatic carbocycles. The van der Waals surface area contributed by atoms with Crippen LogP contribution < -0.4 is 10.5 Å². The van der Waals surface area contributed by atoms with Crippen molar-refractivity contribution in [3.8, 4) is 5.75 Å². The summed E-state index contributed by atoms with van der Waals surface area (Å²) in [6, 6.07) is 6.46. The highest BCUT2D eigenvalue weighted by atomic mass is 16.5. The molecule has 0 amide bonds. The van der Waals surface area contributed by atoms with Crippen molar-refractivity contribution in [3.63, 3.8) is 0 Å². The van der Waals surface area contributed by atoms with Gasteiger partial charge in [-0.2, -0.15) is 0 Å². The Morgan fingerprint density at radius 3 is 3.00 bits per heavy atom. The third-order valence-corrected chi connectivity index (χ3v) is 3.32. The SMILES string of the molecule is CCCOCCOc1ccc2c(c1)[C@H](N)CCC2. The van der Waals surface area contributed by atoms with Crippen LogP contribution in [0.4, 0.5) is 0 Å². The first-order valence-electron chi connectivity index (χ1n) is 6.90. The van der Waals surface area contributed by atoms with E-state index >= 15 is 0 Å². The standard InChI is InChI=1S/C15H23NO2/c1-2-8-17-9-10-18-13-7-6-12-4-3-5-15(16)14(12)11-13/h6-7,11,15H,2-5,8-10,16H2,1H3/t15-/m1/s1. The molecule has 1 atom stereocenters. The van der Waals surface area contributed by atoms with Crippen LogP contribution in [0.3, 0.4) is 0 Å². The van der Waals surface area contributed by atoms with E-state index in [1.165, 1.54) is 17.5 Å². The van der Waals surface area contributed by atoms with Crippen molar-refractivity contribution in [2.24, 2.45) is 5.73 Å². The van der Waals surface area contributed by atoms with E-state index in [1.54, 1.807) is 0 Å². The molecule has 0 spiro atoms. The van der Waals surface area contributed by atoms with Gasteiger partial charge in [-0.15, -0.1) is 0 Å². The molecule has 100 valence electrons. The molecule has 0 aliphatic heterocycles. The minimum Gasteiger partial charge on any atom is -0.491 e. The van der Waals surface area contributed by atoms with Gasteiger partial charge in [-0.25, -0.2) is 0 Å². The third kappa shape index (κ3) is 3.47. The fourth-order valence-electron chi connectivity index (χ4n) is 2.37. The summed E-state index contributed by atoms with van der Waals surface area (Å²) in [7, 11) is 0. The van der Waals surface area contributed by atoms with E-state index in [9.17, 15) is 0 Å². The third-order valence-electron chi connectivity index (χ3n) is 3.32. The van der Waals surface area contributed by atoms with Gasteiger partial charge in [0.15, 0.2) is 0 Å². The van der Waals surface area contributed by atoms with Crippen LogP contribution in [0.1, 0.15) is 43.4 Å². The van der Waals surface area contributed by atoms with Crippen LogP contribution in [0.25, 0.3) is 0 Å². The Balaban J connectivity index is 1.88. The van der Waals surface area contributed by atoms with E-state index in [2.05, 4.69) is 19.1 Å². The molecule has 1 aromatic rings. The number of aryl methyl sites for hydroxylation is 1. The monoisotopic (exact) mass is 249 g/mol. The quantitative estimate of drug-likeness (QED) is 0.788. The average Bonchev–Trinajstić information content (AvgIpc) is 2.39. The Hall–Kier alpha value is -1.06. The van der Waals surface area contributed by atoms with Gasteiger partial charge in [-0.1, -0.05) is 13.0 Å². The molecule has 2 rings (SSSR count). The molecule has 0 saturated carbocycles. The van der Waals surface area contributed by atoms with Crippen molar-refractivity contribution in [1.29, 1.82) is 0 Å². The molecule has 1 aromatic carbocycles. The highest BCUT2D eigenvalue weighted by molar-refractivity contribution is 5.39. The Bertz CT molecular complexity index is 379. The van der Waals surface area contributed by atoms with Gasteiger partial charge < -0.3 is 15.2 Å². The highest BCUT2D eigenvalue weighted by Crippen LogP contribution is 2.30. The van der Waals surface area contributed by atoms with Crippen LogP contribution >= 0.6 is 0 Å². The van der Waals surface area contributed by atoms with E-state index in [0.29, 0.717) is 13.2 Å². The van der Waals surface area contributed by atoms with Crippen molar-refractivity contribution >= 4 is 0 Å². The second kappa shape index (κ2) is 6.76. The lowest BCUT2D eigenvalue weighted by atomic mass is 9.88. The predicted octanol–water partition coefficient (Wildman–Crippen LogP) is 2.83. The van der Waals surface area contributed by atoms with Crippen LogP contribution in [0.5, 0.6) is 5.75 Å². The molecule has 0 fully saturated rings. The number of ether oxygens (including phenoxy) is 2. The maximum absolute atomic E-state index is 6.13. The van der Waals surface area contributed by atoms with Gasteiger partial charge in [-0.05, 0) is 48.9 Å². The van der Waals surface area contributed by atoms with Gasteiger partial charge in [0, 0.05) is 12.6 Å². The normalized spacial score (nSPS) is 18.4. The molecular weight excluding hydrogens is 226 g/mol. The van der Waals surface area contributed by atoms with Crippen molar-refractivity contribution < 1.29 is 9.47 Å². The number of rotatable bonds is 6. The summed E-state index contributed by atoms with van der Waals surface area (Å²) in [5, 5.41) is 0. The highest BCUT2D eigenvalue weighted by Gasteiger charge is 2.17. The largest absolute Gasteiger partial charge is 0.491 e. The zero-order valence-electron chi connectivity index (χ0n) is 11.2. The van der Waals surface area contributed by atoms with Gasteiger partial charge in [0.05, 0.1) is 6.61 Å². The smallest absolute Gasteiger partial charge is 0.119 e. The molecular formula is C15H23NO2. The Labute approximate surface area is 109 Å². The summed E-state index contributed by atoms with van der Waals surface area (Å²) in [5.74, 6) is 0.909. The lowest BCUT2D eigenvalue weighted by Crippen LogP contribution is -2.17. The van der Waals surface area contributed by atoms with Gasteiger partial charge in [0.1, 0.15) is 12.4 Å². The van der Waals surface area contributed by atoms with Crippen molar-refractivity contribution in [3.05, 3.63) is 29.3 Å². The Morgan fingerprint density at radius 1 is 1.28 bits per heavy atom. The van der Waals surface area contributed by atoms with Crippen LogP contribution in [0.2, 0.25) is 0 Å². The minimum absolute atomic E-state index is 0.175. The zero-order chi connectivity index (χ0) is 12.8. The fraction of sp³-hybridized carbons (Fsp3) is 0.600. The lowest BCUT2D eigenvalue weighted by Gasteiger charge is -2.22. The first-order chi connectivity index (χ1) is 8.81. The Kier molecular flexibility index (Phi) is 5.02. The van der Waals surface area contributed by atoms with Crippen molar-refractivity contribution in [2.75, 3.05) is 19.8 Å². The second-order valence-corrected chi connectivity index (χ2v) is 4.82. The van der Waals surface area contributed by atoms with Gasteiger partial charge in [0.25, 0.3) is 0 Å². The summed E-state index contributed by atoms with van der Waals surface area (Å²) in [5.41, 5.74) is 8.77. The maximum atomic E-state index is 6.13. The summed E-state index contributed by atoms with van der Waals surface area (Å²) in [6.45, 7) is 4.16. The molecule has 0 saturated heterocycles. The predicted molar refractivity (Wildman–Crippen MR) is 72.9 cm³/mol. The van der Waals surface area contributed by atoms with Gasteiger partial charge in [-0.3, -0.25) is 0 Å². The minimum atomic E-state index is 0.175. The Morgan fingerprint density at radius 2 is 2.17 bits per heavy atom. The second-order valence-electron chi connectivity index (χ2n) is 4.82. The molecule has 0 bridgehead atoms. The first kappa shape index (κ1) is 13.4. The zero-order valence-corrected chi connectivity index (χ0v) is 11.2. The van der Waals surface area contributed by atoms with Crippen LogP contribution in [-0.4, -0.2) is 19.8 Å². The van der Waals surface area contributed by atoms with Crippen molar-refractivity contribution in [2.45, 2.75) is 38.6 Å². The molecule has 1 aliphatic rings. The van der Waals surface area contributed by atoms with Crippen LogP contribution in [0.15, 0.2) is 18.2 Å². The number of hydrogen-bond donors (Lipinski definition) is 1. The summed E-state index contributed by atoms with van der Waals surface area (Å²) in [6.07, 6.45) is 4.46.